The van der Waals surface area contributed by atoms with Crippen molar-refractivity contribution in [3.05, 3.63) is 65.0 Å². The van der Waals surface area contributed by atoms with Gasteiger partial charge in [0, 0.05) is 12.3 Å². The number of benzene rings is 1. The molecule has 2 aromatic heterocycles. The number of carbonyl (C=O) groups excluding carboxylic acids is 2. The van der Waals surface area contributed by atoms with Crippen molar-refractivity contribution in [1.82, 2.24) is 14.9 Å². The van der Waals surface area contributed by atoms with E-state index in [-0.39, 0.29) is 23.5 Å². The number of carbonyl (C=O) groups is 2. The number of ether oxygens (including phenoxy) is 1. The number of nitrogens with zero attached hydrogens (tertiary/aromatic N) is 2. The average Bonchev–Trinajstić information content (AvgIpc) is 3.09. The highest BCUT2D eigenvalue weighted by Crippen LogP contribution is 2.23. The Kier molecular flexibility index (Phi) is 7.78. The first-order valence-corrected chi connectivity index (χ1v) is 9.30. The van der Waals surface area contributed by atoms with E-state index in [0.29, 0.717) is 17.5 Å². The lowest BCUT2D eigenvalue weighted by Crippen LogP contribution is -2.50. The number of nitrogens with two attached hydrogens (primary N) is 1. The highest BCUT2D eigenvalue weighted by molar-refractivity contribution is 6.03. The maximum Gasteiger partial charge on any atom is 0.256 e. The van der Waals surface area contributed by atoms with Gasteiger partial charge >= 0.3 is 0 Å². The van der Waals surface area contributed by atoms with Crippen LogP contribution in [-0.4, -0.2) is 46.1 Å². The molecule has 0 aliphatic carbocycles. The standard InChI is InChI=1S/C20H19F2N3O4.CH5N/c1-12-18(19(28)23-20(2,10-26)11-27)17-8-13(6-7-25(17)24-12)29-9-14-15(21)4-3-5-16(14)22;1-2/h3-8,10,27H,9,11H2,1-2H3,(H,23,28);2H2,1H3. The minimum absolute atomic E-state index is 0.189. The van der Waals surface area contributed by atoms with E-state index in [4.69, 9.17) is 4.74 Å². The summed E-state index contributed by atoms with van der Waals surface area (Å²) in [7, 11) is 1.50. The number of aldehydes is 1. The van der Waals surface area contributed by atoms with Gasteiger partial charge in [-0.05, 0) is 39.1 Å². The van der Waals surface area contributed by atoms with Crippen LogP contribution in [0.15, 0.2) is 36.5 Å². The zero-order valence-corrected chi connectivity index (χ0v) is 17.4. The first-order valence-electron chi connectivity index (χ1n) is 9.30. The van der Waals surface area contributed by atoms with Gasteiger partial charge in [0.2, 0.25) is 0 Å². The van der Waals surface area contributed by atoms with Gasteiger partial charge in [-0.15, -0.1) is 0 Å². The second kappa shape index (κ2) is 10.1. The molecule has 166 valence electrons. The van der Waals surface area contributed by atoms with E-state index in [1.807, 2.05) is 0 Å². The first-order chi connectivity index (χ1) is 14.8. The maximum atomic E-state index is 13.8. The topological polar surface area (TPSA) is 119 Å². The Morgan fingerprint density at radius 3 is 2.55 bits per heavy atom. The van der Waals surface area contributed by atoms with Crippen LogP contribution in [0.25, 0.3) is 5.52 Å². The number of fused-ring (bicyclic) bond motifs is 1. The number of pyridine rings is 1. The number of nitrogens with one attached hydrogen (secondary N) is 1. The number of aryl methyl sites for hydroxylation is 1. The third-order valence-corrected chi connectivity index (χ3v) is 4.44. The quantitative estimate of drug-likeness (QED) is 0.488. The minimum Gasteiger partial charge on any atom is -0.489 e. The summed E-state index contributed by atoms with van der Waals surface area (Å²) in [6.45, 7) is 2.10. The van der Waals surface area contributed by atoms with Crippen LogP contribution >= 0.6 is 0 Å². The number of amides is 1. The van der Waals surface area contributed by atoms with Crippen LogP contribution in [0.4, 0.5) is 8.78 Å². The number of halogens is 2. The number of aromatic nitrogens is 2. The van der Waals surface area contributed by atoms with E-state index >= 15 is 0 Å². The Hall–Kier alpha value is -3.37. The molecular formula is C21H24F2N4O4. The fourth-order valence-electron chi connectivity index (χ4n) is 2.77. The molecule has 1 atom stereocenters. The fourth-order valence-corrected chi connectivity index (χ4v) is 2.77. The zero-order valence-electron chi connectivity index (χ0n) is 17.4. The Morgan fingerprint density at radius 2 is 1.97 bits per heavy atom. The van der Waals surface area contributed by atoms with Gasteiger partial charge in [0.05, 0.1) is 28.9 Å². The second-order valence-electron chi connectivity index (χ2n) is 6.79. The van der Waals surface area contributed by atoms with Gasteiger partial charge in [0.1, 0.15) is 35.8 Å². The summed E-state index contributed by atoms with van der Waals surface area (Å²) in [4.78, 5) is 23.8. The van der Waals surface area contributed by atoms with E-state index in [1.54, 1.807) is 13.0 Å². The summed E-state index contributed by atoms with van der Waals surface area (Å²) in [5.41, 5.74) is 3.81. The van der Waals surface area contributed by atoms with Crippen molar-refractivity contribution >= 4 is 17.7 Å². The molecule has 2 heterocycles. The smallest absolute Gasteiger partial charge is 0.256 e. The van der Waals surface area contributed by atoms with Crippen molar-refractivity contribution in [3.63, 3.8) is 0 Å². The predicted molar refractivity (Wildman–Crippen MR) is 110 cm³/mol. The molecule has 1 unspecified atom stereocenters. The monoisotopic (exact) mass is 434 g/mol. The summed E-state index contributed by atoms with van der Waals surface area (Å²) in [6, 6.07) is 6.59. The molecule has 0 fully saturated rings. The minimum atomic E-state index is -1.44. The van der Waals surface area contributed by atoms with Gasteiger partial charge in [-0.2, -0.15) is 5.10 Å². The molecule has 0 saturated heterocycles. The summed E-state index contributed by atoms with van der Waals surface area (Å²) in [6.07, 6.45) is 1.99. The van der Waals surface area contributed by atoms with Crippen LogP contribution in [0, 0.1) is 18.6 Å². The molecule has 0 bridgehead atoms. The van der Waals surface area contributed by atoms with Crippen LogP contribution in [-0.2, 0) is 11.4 Å². The molecule has 3 rings (SSSR count). The van der Waals surface area contributed by atoms with E-state index in [2.05, 4.69) is 16.1 Å². The lowest BCUT2D eigenvalue weighted by Gasteiger charge is -2.21. The highest BCUT2D eigenvalue weighted by Gasteiger charge is 2.28. The number of rotatable bonds is 7. The van der Waals surface area contributed by atoms with Crippen molar-refractivity contribution in [2.75, 3.05) is 13.7 Å². The van der Waals surface area contributed by atoms with Crippen molar-refractivity contribution < 1.29 is 28.2 Å². The lowest BCUT2D eigenvalue weighted by molar-refractivity contribution is -0.113. The summed E-state index contributed by atoms with van der Waals surface area (Å²) in [5.74, 6) is -1.76. The van der Waals surface area contributed by atoms with Gasteiger partial charge < -0.3 is 25.7 Å². The Morgan fingerprint density at radius 1 is 1.32 bits per heavy atom. The summed E-state index contributed by atoms with van der Waals surface area (Å²) < 4.78 is 34.5. The van der Waals surface area contributed by atoms with Gasteiger partial charge in [0.25, 0.3) is 5.91 Å². The van der Waals surface area contributed by atoms with Gasteiger partial charge in [0.15, 0.2) is 0 Å². The maximum absolute atomic E-state index is 13.8. The normalized spacial score (nSPS) is 12.5. The van der Waals surface area contributed by atoms with Crippen LogP contribution in [0.5, 0.6) is 5.75 Å². The molecule has 0 aliphatic heterocycles. The molecule has 0 radical (unpaired) electrons. The lowest BCUT2D eigenvalue weighted by atomic mass is 10.0. The van der Waals surface area contributed by atoms with Crippen LogP contribution in [0.2, 0.25) is 0 Å². The van der Waals surface area contributed by atoms with Gasteiger partial charge in [-0.1, -0.05) is 6.07 Å². The number of aliphatic hydroxyl groups excluding tert-OH is 1. The number of hydrogen-bond donors (Lipinski definition) is 3. The SMILES string of the molecule is CN.Cc1nn2ccc(OCc3c(F)cccc3F)cc2c1C(=O)NC(C)(C=O)CO. The zero-order chi connectivity index (χ0) is 23.2. The molecule has 0 saturated carbocycles. The average molecular weight is 434 g/mol. The Balaban J connectivity index is 0.00000166. The Labute approximate surface area is 177 Å². The highest BCUT2D eigenvalue weighted by atomic mass is 19.1. The van der Waals surface area contributed by atoms with E-state index in [9.17, 15) is 23.5 Å². The molecule has 10 heteroatoms. The van der Waals surface area contributed by atoms with Crippen molar-refractivity contribution in [1.29, 1.82) is 0 Å². The molecule has 1 aromatic carbocycles. The molecule has 31 heavy (non-hydrogen) atoms. The van der Waals surface area contributed by atoms with Crippen molar-refractivity contribution in [3.8, 4) is 5.75 Å². The molecule has 0 aliphatic rings. The third-order valence-electron chi connectivity index (χ3n) is 4.44. The summed E-state index contributed by atoms with van der Waals surface area (Å²) in [5, 5.41) is 16.0. The van der Waals surface area contributed by atoms with Crippen molar-refractivity contribution in [2.45, 2.75) is 26.0 Å². The number of hydrogen-bond acceptors (Lipinski definition) is 6. The Bertz CT molecular complexity index is 1070. The van der Waals surface area contributed by atoms with Gasteiger partial charge in [-0.25, -0.2) is 13.3 Å². The second-order valence-corrected chi connectivity index (χ2v) is 6.79. The van der Waals surface area contributed by atoms with E-state index in [0.717, 1.165) is 12.1 Å². The van der Waals surface area contributed by atoms with Gasteiger partial charge in [-0.3, -0.25) is 4.79 Å². The van der Waals surface area contributed by atoms with E-state index in [1.165, 1.54) is 36.8 Å². The van der Waals surface area contributed by atoms with Crippen molar-refractivity contribution in [2.24, 2.45) is 5.73 Å². The number of aliphatic hydroxyl groups is 1. The summed E-state index contributed by atoms with van der Waals surface area (Å²) >= 11 is 0. The predicted octanol–water partition coefficient (Wildman–Crippen LogP) is 1.75. The molecule has 3 aromatic rings. The molecule has 0 spiro atoms. The molecular weight excluding hydrogens is 410 g/mol. The van der Waals surface area contributed by atoms with E-state index < -0.39 is 29.7 Å². The van der Waals surface area contributed by atoms with Crippen LogP contribution < -0.4 is 15.8 Å². The third kappa shape index (κ3) is 5.22. The fraction of sp³-hybridized carbons (Fsp3) is 0.286. The first kappa shape index (κ1) is 23.9. The molecule has 4 N–H and O–H groups in total. The van der Waals surface area contributed by atoms with Crippen LogP contribution in [0.1, 0.15) is 28.5 Å². The largest absolute Gasteiger partial charge is 0.489 e. The molecule has 1 amide bonds. The van der Waals surface area contributed by atoms with Crippen LogP contribution in [0.3, 0.4) is 0 Å². The molecule has 8 nitrogen and oxygen atoms in total.